The highest BCUT2D eigenvalue weighted by molar-refractivity contribution is 6.30. The van der Waals surface area contributed by atoms with Gasteiger partial charge in [0, 0.05) is 5.02 Å². The molecule has 0 saturated carbocycles. The lowest BCUT2D eigenvalue weighted by atomic mass is 9.93. The van der Waals surface area contributed by atoms with Crippen LogP contribution < -0.4 is 5.32 Å². The molecule has 0 fully saturated rings. The average molecular weight is 325 g/mol. The van der Waals surface area contributed by atoms with Gasteiger partial charge in [-0.15, -0.1) is 0 Å². The summed E-state index contributed by atoms with van der Waals surface area (Å²) in [7, 11) is 0. The zero-order valence-corrected chi connectivity index (χ0v) is 13.5. The second kappa shape index (κ2) is 5.70. The molecule has 1 aliphatic rings. The van der Waals surface area contributed by atoms with Gasteiger partial charge in [0.05, 0.1) is 12.1 Å². The molecule has 5 heteroatoms. The van der Waals surface area contributed by atoms with Gasteiger partial charge in [0.1, 0.15) is 6.33 Å². The van der Waals surface area contributed by atoms with E-state index < -0.39 is 0 Å². The number of fused-ring (bicyclic) bond motifs is 1. The first-order valence-electron chi connectivity index (χ1n) is 7.69. The van der Waals surface area contributed by atoms with Crippen molar-refractivity contribution in [3.63, 3.8) is 0 Å². The zero-order valence-electron chi connectivity index (χ0n) is 12.8. The molecule has 3 aromatic rings. The van der Waals surface area contributed by atoms with Gasteiger partial charge in [-0.1, -0.05) is 53.6 Å². The van der Waals surface area contributed by atoms with Gasteiger partial charge in [-0.05, 0) is 36.6 Å². The van der Waals surface area contributed by atoms with Gasteiger partial charge in [-0.25, -0.2) is 4.68 Å². The Bertz CT molecular complexity index is 825. The standard InChI is InChI=1S/C18H17ClN4/c1-12-3-2-4-14(9-12)17-10-16(13-5-7-15(19)8-6-13)22-18-20-11-21-23(17)18/h2-9,11,16-17H,10H2,1H3,(H,20,21,22). The molecule has 1 aliphatic heterocycles. The van der Waals surface area contributed by atoms with Crippen LogP contribution in [0.2, 0.25) is 5.02 Å². The number of halogens is 1. The molecule has 0 radical (unpaired) electrons. The van der Waals surface area contributed by atoms with E-state index in [1.807, 2.05) is 16.8 Å². The fourth-order valence-corrected chi connectivity index (χ4v) is 3.31. The van der Waals surface area contributed by atoms with Crippen molar-refractivity contribution in [2.24, 2.45) is 0 Å². The van der Waals surface area contributed by atoms with Crippen LogP contribution in [-0.2, 0) is 0 Å². The summed E-state index contributed by atoms with van der Waals surface area (Å²) in [6.45, 7) is 2.11. The van der Waals surface area contributed by atoms with E-state index in [0.29, 0.717) is 0 Å². The van der Waals surface area contributed by atoms with E-state index in [-0.39, 0.29) is 12.1 Å². The second-order valence-electron chi connectivity index (χ2n) is 5.94. The third-order valence-electron chi connectivity index (χ3n) is 4.33. The van der Waals surface area contributed by atoms with E-state index in [1.165, 1.54) is 16.7 Å². The van der Waals surface area contributed by atoms with E-state index in [9.17, 15) is 0 Å². The molecule has 0 bridgehead atoms. The molecule has 4 rings (SSSR count). The smallest absolute Gasteiger partial charge is 0.222 e. The lowest BCUT2D eigenvalue weighted by molar-refractivity contribution is 0.430. The highest BCUT2D eigenvalue weighted by Crippen LogP contribution is 2.37. The third kappa shape index (κ3) is 2.70. The van der Waals surface area contributed by atoms with Crippen molar-refractivity contribution >= 4 is 17.5 Å². The Kier molecular flexibility index (Phi) is 3.54. The molecule has 1 aromatic heterocycles. The van der Waals surface area contributed by atoms with Crippen LogP contribution in [0.4, 0.5) is 5.95 Å². The first-order valence-corrected chi connectivity index (χ1v) is 8.06. The highest BCUT2D eigenvalue weighted by Gasteiger charge is 2.29. The van der Waals surface area contributed by atoms with Crippen molar-refractivity contribution in [1.82, 2.24) is 14.8 Å². The van der Waals surface area contributed by atoms with E-state index >= 15 is 0 Å². The fraction of sp³-hybridized carbons (Fsp3) is 0.222. The maximum absolute atomic E-state index is 6.01. The summed E-state index contributed by atoms with van der Waals surface area (Å²) in [5.74, 6) is 0.808. The molecule has 2 aromatic carbocycles. The maximum Gasteiger partial charge on any atom is 0.222 e. The van der Waals surface area contributed by atoms with Crippen molar-refractivity contribution in [1.29, 1.82) is 0 Å². The molecule has 23 heavy (non-hydrogen) atoms. The van der Waals surface area contributed by atoms with Crippen LogP contribution in [0.25, 0.3) is 0 Å². The molecule has 0 aliphatic carbocycles. The minimum Gasteiger partial charge on any atom is -0.348 e. The summed E-state index contributed by atoms with van der Waals surface area (Å²) in [6, 6.07) is 17.0. The summed E-state index contributed by atoms with van der Waals surface area (Å²) in [5, 5.41) is 8.63. The Morgan fingerprint density at radius 3 is 2.74 bits per heavy atom. The van der Waals surface area contributed by atoms with Gasteiger partial charge < -0.3 is 5.32 Å². The number of nitrogens with one attached hydrogen (secondary N) is 1. The van der Waals surface area contributed by atoms with Crippen LogP contribution in [0.1, 0.15) is 35.2 Å². The summed E-state index contributed by atoms with van der Waals surface area (Å²) >= 11 is 6.01. The Morgan fingerprint density at radius 1 is 1.13 bits per heavy atom. The molecule has 0 spiro atoms. The van der Waals surface area contributed by atoms with Crippen molar-refractivity contribution in [3.05, 3.63) is 76.6 Å². The number of anilines is 1. The summed E-state index contributed by atoms with van der Waals surface area (Å²) in [4.78, 5) is 4.36. The molecule has 1 N–H and O–H groups in total. The number of nitrogens with zero attached hydrogens (tertiary/aromatic N) is 3. The van der Waals surface area contributed by atoms with Crippen LogP contribution in [0.3, 0.4) is 0 Å². The van der Waals surface area contributed by atoms with Gasteiger partial charge in [-0.2, -0.15) is 10.1 Å². The molecule has 0 amide bonds. The van der Waals surface area contributed by atoms with Gasteiger partial charge in [0.2, 0.25) is 5.95 Å². The minimum absolute atomic E-state index is 0.175. The third-order valence-corrected chi connectivity index (χ3v) is 4.58. The van der Waals surface area contributed by atoms with E-state index in [2.05, 4.69) is 58.7 Å². The average Bonchev–Trinajstić information content (AvgIpc) is 3.03. The minimum atomic E-state index is 0.175. The lowest BCUT2D eigenvalue weighted by Crippen LogP contribution is -2.28. The summed E-state index contributed by atoms with van der Waals surface area (Å²) in [6.07, 6.45) is 2.52. The molecule has 4 nitrogen and oxygen atoms in total. The van der Waals surface area contributed by atoms with E-state index in [1.54, 1.807) is 6.33 Å². The Labute approximate surface area is 140 Å². The number of aromatic nitrogens is 3. The molecule has 2 unspecified atom stereocenters. The van der Waals surface area contributed by atoms with Crippen molar-refractivity contribution in [2.75, 3.05) is 5.32 Å². The van der Waals surface area contributed by atoms with E-state index in [4.69, 9.17) is 11.6 Å². The van der Waals surface area contributed by atoms with Crippen LogP contribution in [0, 0.1) is 6.92 Å². The van der Waals surface area contributed by atoms with Crippen molar-refractivity contribution in [3.8, 4) is 0 Å². The number of hydrogen-bond acceptors (Lipinski definition) is 3. The molecular formula is C18H17ClN4. The normalized spacial score (nSPS) is 19.9. The second-order valence-corrected chi connectivity index (χ2v) is 6.38. The number of hydrogen-bond donors (Lipinski definition) is 1. The Balaban J connectivity index is 1.73. The van der Waals surface area contributed by atoms with Gasteiger partial charge in [-0.3, -0.25) is 0 Å². The summed E-state index contributed by atoms with van der Waals surface area (Å²) < 4.78 is 1.97. The summed E-state index contributed by atoms with van der Waals surface area (Å²) in [5.41, 5.74) is 3.73. The van der Waals surface area contributed by atoms with Crippen LogP contribution >= 0.6 is 11.6 Å². The van der Waals surface area contributed by atoms with Crippen LogP contribution in [0.15, 0.2) is 54.9 Å². The lowest BCUT2D eigenvalue weighted by Gasteiger charge is -2.32. The first kappa shape index (κ1) is 14.3. The van der Waals surface area contributed by atoms with Crippen LogP contribution in [-0.4, -0.2) is 14.8 Å². The van der Waals surface area contributed by atoms with Crippen LogP contribution in [0.5, 0.6) is 0 Å². The SMILES string of the molecule is Cc1cccc(C2CC(c3ccc(Cl)cc3)Nc3ncnn32)c1. The number of aryl methyl sites for hydroxylation is 1. The predicted octanol–water partition coefficient (Wildman–Crippen LogP) is 4.39. The highest BCUT2D eigenvalue weighted by atomic mass is 35.5. The predicted molar refractivity (Wildman–Crippen MR) is 91.8 cm³/mol. The number of benzene rings is 2. The van der Waals surface area contributed by atoms with E-state index in [0.717, 1.165) is 17.4 Å². The Morgan fingerprint density at radius 2 is 1.96 bits per heavy atom. The molecular weight excluding hydrogens is 308 g/mol. The van der Waals surface area contributed by atoms with Gasteiger partial charge >= 0.3 is 0 Å². The zero-order chi connectivity index (χ0) is 15.8. The van der Waals surface area contributed by atoms with Crippen molar-refractivity contribution < 1.29 is 0 Å². The quantitative estimate of drug-likeness (QED) is 0.760. The molecule has 2 atom stereocenters. The fourth-order valence-electron chi connectivity index (χ4n) is 3.19. The number of rotatable bonds is 2. The van der Waals surface area contributed by atoms with Crippen molar-refractivity contribution in [2.45, 2.75) is 25.4 Å². The molecule has 0 saturated heterocycles. The largest absolute Gasteiger partial charge is 0.348 e. The molecule has 2 heterocycles. The topological polar surface area (TPSA) is 42.7 Å². The first-order chi connectivity index (χ1) is 11.2. The van der Waals surface area contributed by atoms with Gasteiger partial charge in [0.15, 0.2) is 0 Å². The Hall–Kier alpha value is -2.33. The maximum atomic E-state index is 6.01. The van der Waals surface area contributed by atoms with Gasteiger partial charge in [0.25, 0.3) is 0 Å². The monoisotopic (exact) mass is 324 g/mol. The molecule has 116 valence electrons.